The fraction of sp³-hybridized carbons (Fsp3) is 0.846. The number of amides is 1. The quantitative estimate of drug-likeness (QED) is 0.808. The van der Waals surface area contributed by atoms with Crippen LogP contribution in [-0.4, -0.2) is 59.5 Å². The Bertz CT molecular complexity index is 279. The first-order valence-corrected chi connectivity index (χ1v) is 6.85. The van der Waals surface area contributed by atoms with E-state index in [2.05, 4.69) is 0 Å². The Hall–Kier alpha value is -0.810. The molecular weight excluding hydrogens is 268 g/mol. The SMILES string of the molecule is CCCN(CC(=O)O)CC(=O)N1CCCCCC1.Cl. The molecule has 112 valence electrons. The van der Waals surface area contributed by atoms with Crippen molar-refractivity contribution in [2.45, 2.75) is 39.0 Å². The molecule has 0 bridgehead atoms. The average Bonchev–Trinajstić information content (AvgIpc) is 2.56. The van der Waals surface area contributed by atoms with E-state index in [1.165, 1.54) is 12.8 Å². The number of aliphatic carboxylic acids is 1. The molecule has 1 aliphatic rings. The number of nitrogens with zero attached hydrogens (tertiary/aromatic N) is 2. The molecule has 0 aromatic carbocycles. The molecule has 0 atom stereocenters. The van der Waals surface area contributed by atoms with Crippen LogP contribution in [0.1, 0.15) is 39.0 Å². The smallest absolute Gasteiger partial charge is 0.317 e. The van der Waals surface area contributed by atoms with Crippen molar-refractivity contribution in [1.82, 2.24) is 9.80 Å². The van der Waals surface area contributed by atoms with Crippen molar-refractivity contribution in [3.63, 3.8) is 0 Å². The summed E-state index contributed by atoms with van der Waals surface area (Å²) < 4.78 is 0. The standard InChI is InChI=1S/C13H24N2O3.ClH/c1-2-7-14(11-13(17)18)10-12(16)15-8-5-3-4-6-9-15;/h2-11H2,1H3,(H,17,18);1H. The first kappa shape index (κ1) is 18.2. The summed E-state index contributed by atoms with van der Waals surface area (Å²) in [5, 5.41) is 8.81. The molecular formula is C13H25ClN2O3. The zero-order chi connectivity index (χ0) is 13.4. The van der Waals surface area contributed by atoms with E-state index in [0.29, 0.717) is 6.54 Å². The predicted molar refractivity (Wildman–Crippen MR) is 76.7 cm³/mol. The lowest BCUT2D eigenvalue weighted by Crippen LogP contribution is -2.42. The number of likely N-dealkylation sites (tertiary alicyclic amines) is 1. The van der Waals surface area contributed by atoms with Gasteiger partial charge in [-0.25, -0.2) is 0 Å². The van der Waals surface area contributed by atoms with Crippen molar-refractivity contribution >= 4 is 24.3 Å². The molecule has 0 aromatic heterocycles. The van der Waals surface area contributed by atoms with Crippen LogP contribution in [0.25, 0.3) is 0 Å². The van der Waals surface area contributed by atoms with E-state index < -0.39 is 5.97 Å². The molecule has 0 radical (unpaired) electrons. The van der Waals surface area contributed by atoms with Crippen LogP contribution in [0.2, 0.25) is 0 Å². The lowest BCUT2D eigenvalue weighted by molar-refractivity contribution is -0.139. The maximum absolute atomic E-state index is 12.1. The van der Waals surface area contributed by atoms with Gasteiger partial charge in [-0.15, -0.1) is 12.4 Å². The zero-order valence-electron chi connectivity index (χ0n) is 11.6. The number of hydrogen-bond donors (Lipinski definition) is 1. The van der Waals surface area contributed by atoms with E-state index in [1.54, 1.807) is 4.90 Å². The Morgan fingerprint density at radius 1 is 1.11 bits per heavy atom. The molecule has 0 unspecified atom stereocenters. The molecule has 0 spiro atoms. The summed E-state index contributed by atoms with van der Waals surface area (Å²) in [6.07, 6.45) is 5.38. The van der Waals surface area contributed by atoms with E-state index in [4.69, 9.17) is 5.11 Å². The highest BCUT2D eigenvalue weighted by Gasteiger charge is 2.19. The monoisotopic (exact) mass is 292 g/mol. The first-order valence-electron chi connectivity index (χ1n) is 6.85. The summed E-state index contributed by atoms with van der Waals surface area (Å²) >= 11 is 0. The van der Waals surface area contributed by atoms with Gasteiger partial charge in [-0.05, 0) is 25.8 Å². The lowest BCUT2D eigenvalue weighted by atomic mass is 10.2. The molecule has 1 N–H and O–H groups in total. The van der Waals surface area contributed by atoms with Crippen LogP contribution in [0, 0.1) is 0 Å². The Kier molecular flexibility index (Phi) is 9.61. The van der Waals surface area contributed by atoms with Crippen LogP contribution in [0.3, 0.4) is 0 Å². The van der Waals surface area contributed by atoms with Crippen molar-refractivity contribution in [1.29, 1.82) is 0 Å². The number of hydrogen-bond acceptors (Lipinski definition) is 3. The number of carboxylic acids is 1. The molecule has 1 saturated heterocycles. The van der Waals surface area contributed by atoms with Crippen molar-refractivity contribution in [2.24, 2.45) is 0 Å². The third-order valence-corrected chi connectivity index (χ3v) is 3.22. The fourth-order valence-corrected chi connectivity index (χ4v) is 2.33. The van der Waals surface area contributed by atoms with E-state index >= 15 is 0 Å². The molecule has 0 saturated carbocycles. The second-order valence-electron chi connectivity index (χ2n) is 4.90. The summed E-state index contributed by atoms with van der Waals surface area (Å²) in [4.78, 5) is 26.4. The van der Waals surface area contributed by atoms with Crippen LogP contribution in [0.4, 0.5) is 0 Å². The Morgan fingerprint density at radius 2 is 1.68 bits per heavy atom. The Labute approximate surface area is 121 Å². The molecule has 19 heavy (non-hydrogen) atoms. The summed E-state index contributed by atoms with van der Waals surface area (Å²) in [5.74, 6) is -0.793. The third kappa shape index (κ3) is 7.38. The van der Waals surface area contributed by atoms with Gasteiger partial charge in [-0.2, -0.15) is 0 Å². The van der Waals surface area contributed by atoms with Crippen LogP contribution < -0.4 is 0 Å². The number of carboxylic acid groups (broad SMARTS) is 1. The van der Waals surface area contributed by atoms with Gasteiger partial charge < -0.3 is 10.0 Å². The molecule has 1 aliphatic heterocycles. The molecule has 0 aromatic rings. The highest BCUT2D eigenvalue weighted by molar-refractivity contribution is 5.85. The number of carbonyl (C=O) groups excluding carboxylic acids is 1. The van der Waals surface area contributed by atoms with Gasteiger partial charge in [0, 0.05) is 13.1 Å². The zero-order valence-corrected chi connectivity index (χ0v) is 12.5. The molecule has 0 aliphatic carbocycles. The van der Waals surface area contributed by atoms with Gasteiger partial charge in [0.1, 0.15) is 0 Å². The van der Waals surface area contributed by atoms with Gasteiger partial charge in [0.15, 0.2) is 0 Å². The maximum atomic E-state index is 12.1. The van der Waals surface area contributed by atoms with E-state index in [-0.39, 0.29) is 31.4 Å². The third-order valence-electron chi connectivity index (χ3n) is 3.22. The van der Waals surface area contributed by atoms with Crippen LogP contribution in [0.15, 0.2) is 0 Å². The molecule has 1 amide bonds. The molecule has 6 heteroatoms. The van der Waals surface area contributed by atoms with Gasteiger partial charge in [0.2, 0.25) is 5.91 Å². The minimum Gasteiger partial charge on any atom is -0.480 e. The van der Waals surface area contributed by atoms with Crippen molar-refractivity contribution in [2.75, 3.05) is 32.7 Å². The summed E-state index contributed by atoms with van der Waals surface area (Å²) in [6.45, 7) is 4.49. The van der Waals surface area contributed by atoms with Crippen molar-refractivity contribution in [3.05, 3.63) is 0 Å². The van der Waals surface area contributed by atoms with Gasteiger partial charge in [-0.1, -0.05) is 19.8 Å². The second kappa shape index (κ2) is 10.0. The number of halogens is 1. The Balaban J connectivity index is 0.00000324. The normalized spacial score (nSPS) is 15.8. The topological polar surface area (TPSA) is 60.9 Å². The van der Waals surface area contributed by atoms with E-state index in [0.717, 1.165) is 32.4 Å². The summed E-state index contributed by atoms with van der Waals surface area (Å²) in [7, 11) is 0. The van der Waals surface area contributed by atoms with Crippen molar-refractivity contribution < 1.29 is 14.7 Å². The van der Waals surface area contributed by atoms with Gasteiger partial charge in [0.05, 0.1) is 13.1 Å². The fourth-order valence-electron chi connectivity index (χ4n) is 2.33. The predicted octanol–water partition coefficient (Wildman–Crippen LogP) is 1.61. The highest BCUT2D eigenvalue weighted by Crippen LogP contribution is 2.10. The maximum Gasteiger partial charge on any atom is 0.317 e. The van der Waals surface area contributed by atoms with Gasteiger partial charge in [0.25, 0.3) is 0 Å². The van der Waals surface area contributed by atoms with Gasteiger partial charge in [-0.3, -0.25) is 14.5 Å². The molecule has 1 fully saturated rings. The minimum atomic E-state index is -0.868. The van der Waals surface area contributed by atoms with E-state index in [9.17, 15) is 9.59 Å². The minimum absolute atomic E-state index is 0. The molecule has 5 nitrogen and oxygen atoms in total. The van der Waals surface area contributed by atoms with Gasteiger partial charge >= 0.3 is 5.97 Å². The summed E-state index contributed by atoms with van der Waals surface area (Å²) in [5.41, 5.74) is 0. The Morgan fingerprint density at radius 3 is 2.16 bits per heavy atom. The molecule has 1 heterocycles. The van der Waals surface area contributed by atoms with Crippen LogP contribution >= 0.6 is 12.4 Å². The largest absolute Gasteiger partial charge is 0.480 e. The average molecular weight is 293 g/mol. The summed E-state index contributed by atoms with van der Waals surface area (Å²) in [6, 6.07) is 0. The van der Waals surface area contributed by atoms with E-state index in [1.807, 2.05) is 11.8 Å². The lowest BCUT2D eigenvalue weighted by Gasteiger charge is -2.25. The highest BCUT2D eigenvalue weighted by atomic mass is 35.5. The first-order chi connectivity index (χ1) is 8.63. The second-order valence-corrected chi connectivity index (χ2v) is 4.90. The number of carbonyl (C=O) groups is 2. The van der Waals surface area contributed by atoms with Crippen molar-refractivity contribution in [3.8, 4) is 0 Å². The number of rotatable bonds is 6. The van der Waals surface area contributed by atoms with Crippen LogP contribution in [0.5, 0.6) is 0 Å². The molecule has 1 rings (SSSR count). The van der Waals surface area contributed by atoms with Crippen LogP contribution in [-0.2, 0) is 9.59 Å².